The molecule has 0 atom stereocenters. The molecule has 0 heterocycles. The van der Waals surface area contributed by atoms with Gasteiger partial charge in [0.25, 0.3) is 0 Å². The summed E-state index contributed by atoms with van der Waals surface area (Å²) in [5.74, 6) is 1.03. The third-order valence-electron chi connectivity index (χ3n) is 2.44. The summed E-state index contributed by atoms with van der Waals surface area (Å²) >= 11 is 0. The summed E-state index contributed by atoms with van der Waals surface area (Å²) in [4.78, 5) is 0. The number of aromatic hydroxyl groups is 1. The van der Waals surface area contributed by atoms with Gasteiger partial charge in [-0.25, -0.2) is 0 Å². The van der Waals surface area contributed by atoms with Gasteiger partial charge in [0.2, 0.25) is 0 Å². The van der Waals surface area contributed by atoms with Crippen LogP contribution in [0.4, 0.5) is 5.69 Å². The fraction of sp³-hybridized carbons (Fsp3) is 0.167. The predicted octanol–water partition coefficient (Wildman–Crippen LogP) is 2.60. The van der Waals surface area contributed by atoms with Crippen molar-refractivity contribution in [3.8, 4) is 11.5 Å². The summed E-state index contributed by atoms with van der Waals surface area (Å²) in [5, 5.41) is 14.5. The quantitative estimate of drug-likeness (QED) is 0.788. The number of methoxy groups -OCH3 is 1. The summed E-state index contributed by atoms with van der Waals surface area (Å²) in [6, 6.07) is 9.16. The Morgan fingerprint density at radius 3 is 2.60 bits per heavy atom. The first-order valence-electron chi connectivity index (χ1n) is 4.73. The smallest absolute Gasteiger partial charge is 0.142 e. The zero-order valence-corrected chi connectivity index (χ0v) is 8.74. The average molecular weight is 203 g/mol. The van der Waals surface area contributed by atoms with Crippen LogP contribution in [0, 0.1) is 0 Å². The molecule has 0 spiro atoms. The number of fused-ring (bicyclic) bond motifs is 1. The Labute approximate surface area is 88.3 Å². The normalized spacial score (nSPS) is 10.3. The van der Waals surface area contributed by atoms with Gasteiger partial charge in [0, 0.05) is 12.4 Å². The van der Waals surface area contributed by atoms with Gasteiger partial charge in [-0.05, 0) is 23.6 Å². The molecule has 78 valence electrons. The molecule has 2 aromatic carbocycles. The van der Waals surface area contributed by atoms with E-state index in [9.17, 15) is 5.11 Å². The molecule has 0 aliphatic carbocycles. The van der Waals surface area contributed by atoms with Crippen molar-refractivity contribution in [3.05, 3.63) is 30.3 Å². The van der Waals surface area contributed by atoms with Gasteiger partial charge in [0.05, 0.1) is 12.8 Å². The monoisotopic (exact) mass is 203 g/mol. The molecular formula is C12H13NO2. The first-order chi connectivity index (χ1) is 7.26. The number of rotatable bonds is 2. The molecule has 0 saturated carbocycles. The van der Waals surface area contributed by atoms with Crippen molar-refractivity contribution in [1.82, 2.24) is 0 Å². The van der Waals surface area contributed by atoms with Crippen LogP contribution in [-0.4, -0.2) is 19.3 Å². The third-order valence-corrected chi connectivity index (χ3v) is 2.44. The van der Waals surface area contributed by atoms with Crippen molar-refractivity contribution in [3.63, 3.8) is 0 Å². The van der Waals surface area contributed by atoms with Crippen LogP contribution in [0.1, 0.15) is 0 Å². The van der Waals surface area contributed by atoms with Crippen molar-refractivity contribution >= 4 is 16.5 Å². The van der Waals surface area contributed by atoms with Crippen molar-refractivity contribution in [1.29, 1.82) is 0 Å². The van der Waals surface area contributed by atoms with Crippen molar-refractivity contribution in [2.75, 3.05) is 19.5 Å². The lowest BCUT2D eigenvalue weighted by Crippen LogP contribution is -1.94. The second kappa shape index (κ2) is 3.69. The molecule has 0 aliphatic heterocycles. The Balaban J connectivity index is 2.79. The molecule has 0 fully saturated rings. The molecule has 2 rings (SSSR count). The number of phenolic OH excluding ortho intramolecular Hbond substituents is 1. The van der Waals surface area contributed by atoms with Crippen LogP contribution in [0.5, 0.6) is 11.5 Å². The topological polar surface area (TPSA) is 41.5 Å². The lowest BCUT2D eigenvalue weighted by Gasteiger charge is -2.11. The zero-order chi connectivity index (χ0) is 10.8. The molecule has 0 aromatic heterocycles. The molecule has 0 amide bonds. The summed E-state index contributed by atoms with van der Waals surface area (Å²) in [5.41, 5.74) is 0.894. The van der Waals surface area contributed by atoms with Gasteiger partial charge in [-0.3, -0.25) is 0 Å². The van der Waals surface area contributed by atoms with Gasteiger partial charge >= 0.3 is 0 Å². The molecule has 3 nitrogen and oxygen atoms in total. The highest BCUT2D eigenvalue weighted by Crippen LogP contribution is 2.34. The molecule has 2 aromatic rings. The lowest BCUT2D eigenvalue weighted by atomic mass is 10.1. The van der Waals surface area contributed by atoms with E-state index in [4.69, 9.17) is 4.74 Å². The van der Waals surface area contributed by atoms with Crippen LogP contribution in [0.15, 0.2) is 30.3 Å². The molecule has 15 heavy (non-hydrogen) atoms. The minimum absolute atomic E-state index is 0.257. The number of ether oxygens (including phenoxy) is 1. The molecule has 3 heteroatoms. The molecule has 0 aliphatic rings. The molecule has 0 unspecified atom stereocenters. The SMILES string of the molecule is CNc1c(OC)ccc2ccc(O)cc12. The molecule has 0 bridgehead atoms. The van der Waals surface area contributed by atoms with E-state index < -0.39 is 0 Å². The third kappa shape index (κ3) is 1.56. The lowest BCUT2D eigenvalue weighted by molar-refractivity contribution is 0.417. The Kier molecular flexibility index (Phi) is 2.37. The molecule has 0 radical (unpaired) electrons. The Bertz CT molecular complexity index is 494. The maximum Gasteiger partial charge on any atom is 0.142 e. The van der Waals surface area contributed by atoms with Gasteiger partial charge < -0.3 is 15.2 Å². The number of hydrogen-bond acceptors (Lipinski definition) is 3. The highest BCUT2D eigenvalue weighted by molar-refractivity contribution is 5.97. The summed E-state index contributed by atoms with van der Waals surface area (Å²) < 4.78 is 5.24. The standard InChI is InChI=1S/C12H13NO2/c1-13-12-10-7-9(14)5-3-8(10)4-6-11(12)15-2/h3-7,13-14H,1-2H3. The average Bonchev–Trinajstić information content (AvgIpc) is 2.27. The Morgan fingerprint density at radius 1 is 1.20 bits per heavy atom. The molecular weight excluding hydrogens is 190 g/mol. The van der Waals surface area contributed by atoms with E-state index in [2.05, 4.69) is 5.32 Å². The fourth-order valence-corrected chi connectivity index (χ4v) is 1.72. The summed E-state index contributed by atoms with van der Waals surface area (Å²) in [6.07, 6.45) is 0. The minimum Gasteiger partial charge on any atom is -0.508 e. The number of nitrogens with one attached hydrogen (secondary N) is 1. The van der Waals surface area contributed by atoms with Crippen LogP contribution in [0.25, 0.3) is 10.8 Å². The van der Waals surface area contributed by atoms with Gasteiger partial charge in [0.1, 0.15) is 11.5 Å². The van der Waals surface area contributed by atoms with Gasteiger partial charge in [-0.15, -0.1) is 0 Å². The Hall–Kier alpha value is -1.90. The summed E-state index contributed by atoms with van der Waals surface area (Å²) in [6.45, 7) is 0. The molecule has 2 N–H and O–H groups in total. The number of phenols is 1. The van der Waals surface area contributed by atoms with E-state index >= 15 is 0 Å². The first kappa shape index (κ1) is 9.65. The van der Waals surface area contributed by atoms with Crippen LogP contribution in [0.2, 0.25) is 0 Å². The van der Waals surface area contributed by atoms with Gasteiger partial charge in [-0.2, -0.15) is 0 Å². The number of benzene rings is 2. The predicted molar refractivity (Wildman–Crippen MR) is 61.7 cm³/mol. The van der Waals surface area contributed by atoms with E-state index in [1.165, 1.54) is 0 Å². The van der Waals surface area contributed by atoms with Crippen LogP contribution >= 0.6 is 0 Å². The number of hydrogen-bond donors (Lipinski definition) is 2. The van der Waals surface area contributed by atoms with Crippen molar-refractivity contribution in [2.24, 2.45) is 0 Å². The van der Waals surface area contributed by atoms with Crippen LogP contribution < -0.4 is 10.1 Å². The maximum atomic E-state index is 9.45. The largest absolute Gasteiger partial charge is 0.508 e. The van der Waals surface area contributed by atoms with Crippen molar-refractivity contribution in [2.45, 2.75) is 0 Å². The van der Waals surface area contributed by atoms with Crippen LogP contribution in [0.3, 0.4) is 0 Å². The van der Waals surface area contributed by atoms with E-state index in [1.54, 1.807) is 19.2 Å². The van der Waals surface area contributed by atoms with E-state index in [1.807, 2.05) is 25.2 Å². The Morgan fingerprint density at radius 2 is 1.93 bits per heavy atom. The number of anilines is 1. The van der Waals surface area contributed by atoms with E-state index in [0.717, 1.165) is 22.2 Å². The van der Waals surface area contributed by atoms with E-state index in [0.29, 0.717) is 0 Å². The van der Waals surface area contributed by atoms with Crippen LogP contribution in [-0.2, 0) is 0 Å². The zero-order valence-electron chi connectivity index (χ0n) is 8.74. The second-order valence-electron chi connectivity index (χ2n) is 3.30. The minimum atomic E-state index is 0.257. The van der Waals surface area contributed by atoms with Crippen molar-refractivity contribution < 1.29 is 9.84 Å². The maximum absolute atomic E-state index is 9.45. The van der Waals surface area contributed by atoms with Gasteiger partial charge in [-0.1, -0.05) is 12.1 Å². The highest BCUT2D eigenvalue weighted by Gasteiger charge is 2.06. The fourth-order valence-electron chi connectivity index (χ4n) is 1.72. The van der Waals surface area contributed by atoms with Gasteiger partial charge in [0.15, 0.2) is 0 Å². The molecule has 0 saturated heterocycles. The summed E-state index contributed by atoms with van der Waals surface area (Å²) in [7, 11) is 3.46. The first-order valence-corrected chi connectivity index (χ1v) is 4.73. The highest BCUT2D eigenvalue weighted by atomic mass is 16.5. The van der Waals surface area contributed by atoms with E-state index in [-0.39, 0.29) is 5.75 Å². The second-order valence-corrected chi connectivity index (χ2v) is 3.30.